The van der Waals surface area contributed by atoms with Crippen molar-refractivity contribution in [2.45, 2.75) is 33.4 Å². The van der Waals surface area contributed by atoms with E-state index < -0.39 is 0 Å². The van der Waals surface area contributed by atoms with Crippen LogP contribution in [0.2, 0.25) is 0 Å². The Bertz CT molecular complexity index is 415. The average Bonchev–Trinajstić information content (AvgIpc) is 2.32. The molecule has 2 nitrogen and oxygen atoms in total. The summed E-state index contributed by atoms with van der Waals surface area (Å²) < 4.78 is 13.8. The second-order valence-corrected chi connectivity index (χ2v) is 5.23. The molecule has 0 amide bonds. The quantitative estimate of drug-likeness (QED) is 0.572. The van der Waals surface area contributed by atoms with Crippen LogP contribution >= 0.6 is 0 Å². The number of likely N-dealkylation sites (N-methyl/N-ethyl adjacent to an activating group) is 1. The molecule has 19 heavy (non-hydrogen) atoms. The maximum absolute atomic E-state index is 13.8. The highest BCUT2D eigenvalue weighted by Gasteiger charge is 2.07. The van der Waals surface area contributed by atoms with Gasteiger partial charge in [-0.2, -0.15) is 0 Å². The van der Waals surface area contributed by atoms with Gasteiger partial charge in [-0.3, -0.25) is 4.90 Å². The van der Waals surface area contributed by atoms with Crippen molar-refractivity contribution < 1.29 is 4.39 Å². The van der Waals surface area contributed by atoms with E-state index in [0.29, 0.717) is 6.54 Å². The first-order valence-corrected chi connectivity index (χ1v) is 6.84. The van der Waals surface area contributed by atoms with Crippen LogP contribution in [0.5, 0.6) is 0 Å². The van der Waals surface area contributed by atoms with E-state index in [1.54, 1.807) is 6.07 Å². The highest BCUT2D eigenvalue weighted by molar-refractivity contribution is 5.25. The van der Waals surface area contributed by atoms with E-state index in [0.717, 1.165) is 42.8 Å². The third-order valence-electron chi connectivity index (χ3n) is 2.85. The molecule has 3 heteroatoms. The van der Waals surface area contributed by atoms with Crippen LogP contribution in [0.25, 0.3) is 0 Å². The van der Waals surface area contributed by atoms with Crippen LogP contribution in [-0.2, 0) is 13.1 Å². The lowest BCUT2D eigenvalue weighted by atomic mass is 10.1. The Morgan fingerprint density at radius 1 is 1.42 bits per heavy atom. The molecule has 0 heterocycles. The monoisotopic (exact) mass is 264 g/mol. The zero-order valence-electron chi connectivity index (χ0n) is 12.3. The fourth-order valence-electron chi connectivity index (χ4n) is 2.08. The summed E-state index contributed by atoms with van der Waals surface area (Å²) in [5.41, 5.74) is 2.97. The fourth-order valence-corrected chi connectivity index (χ4v) is 2.08. The number of hydrogen-bond acceptors (Lipinski definition) is 2. The number of hydrogen-bond donors (Lipinski definition) is 1. The first kappa shape index (κ1) is 15.9. The van der Waals surface area contributed by atoms with Crippen LogP contribution in [0.15, 0.2) is 30.4 Å². The minimum absolute atomic E-state index is 0.132. The van der Waals surface area contributed by atoms with Crippen LogP contribution < -0.4 is 5.32 Å². The van der Waals surface area contributed by atoms with Crippen molar-refractivity contribution >= 4 is 0 Å². The predicted molar refractivity (Wildman–Crippen MR) is 79.5 cm³/mol. The second-order valence-electron chi connectivity index (χ2n) is 5.23. The average molecular weight is 264 g/mol. The number of nitrogens with one attached hydrogen (secondary N) is 1. The Morgan fingerprint density at radius 3 is 2.79 bits per heavy atom. The van der Waals surface area contributed by atoms with Crippen molar-refractivity contribution in [3.05, 3.63) is 47.3 Å². The summed E-state index contributed by atoms with van der Waals surface area (Å²) >= 11 is 0. The van der Waals surface area contributed by atoms with Gasteiger partial charge >= 0.3 is 0 Å². The van der Waals surface area contributed by atoms with Crippen LogP contribution in [0, 0.1) is 5.82 Å². The molecule has 0 aliphatic rings. The van der Waals surface area contributed by atoms with Crippen molar-refractivity contribution in [1.29, 1.82) is 0 Å². The highest BCUT2D eigenvalue weighted by Crippen LogP contribution is 2.13. The lowest BCUT2D eigenvalue weighted by Crippen LogP contribution is -2.20. The number of nitrogens with zero attached hydrogens (tertiary/aromatic N) is 1. The molecule has 0 saturated carbocycles. The molecule has 0 atom stereocenters. The van der Waals surface area contributed by atoms with Gasteiger partial charge in [0.15, 0.2) is 0 Å². The first-order chi connectivity index (χ1) is 9.02. The van der Waals surface area contributed by atoms with Gasteiger partial charge in [-0.1, -0.05) is 31.2 Å². The zero-order chi connectivity index (χ0) is 14.3. The Morgan fingerprint density at radius 2 is 2.16 bits per heavy atom. The second kappa shape index (κ2) is 8.08. The van der Waals surface area contributed by atoms with Crippen molar-refractivity contribution in [1.82, 2.24) is 10.2 Å². The summed E-state index contributed by atoms with van der Waals surface area (Å²) in [6.07, 6.45) is 1.11. The van der Waals surface area contributed by atoms with Crippen LogP contribution in [0.3, 0.4) is 0 Å². The van der Waals surface area contributed by atoms with Gasteiger partial charge in [0.2, 0.25) is 0 Å². The molecule has 0 aliphatic carbocycles. The standard InChI is InChI=1S/C16H25FN2/c1-5-8-18-10-14-6-7-16(17)15(9-14)12-19(4)11-13(2)3/h6-7,9,18H,2,5,8,10-12H2,1,3-4H3. The molecule has 1 aromatic carbocycles. The molecule has 0 spiro atoms. The summed E-state index contributed by atoms with van der Waals surface area (Å²) in [5, 5.41) is 3.33. The lowest BCUT2D eigenvalue weighted by Gasteiger charge is -2.17. The molecule has 1 N–H and O–H groups in total. The van der Waals surface area contributed by atoms with Crippen LogP contribution in [-0.4, -0.2) is 25.0 Å². The van der Waals surface area contributed by atoms with Gasteiger partial charge < -0.3 is 5.32 Å². The summed E-state index contributed by atoms with van der Waals surface area (Å²) in [4.78, 5) is 2.07. The van der Waals surface area contributed by atoms with E-state index in [4.69, 9.17) is 0 Å². The minimum atomic E-state index is -0.132. The van der Waals surface area contributed by atoms with Crippen molar-refractivity contribution in [2.75, 3.05) is 20.1 Å². The van der Waals surface area contributed by atoms with Crippen LogP contribution in [0.1, 0.15) is 31.4 Å². The van der Waals surface area contributed by atoms with Gasteiger partial charge in [-0.15, -0.1) is 0 Å². The van der Waals surface area contributed by atoms with Gasteiger partial charge in [0.1, 0.15) is 5.82 Å². The molecule has 0 unspecified atom stereocenters. The molecule has 1 aromatic rings. The van der Waals surface area contributed by atoms with E-state index in [1.165, 1.54) is 0 Å². The summed E-state index contributed by atoms with van der Waals surface area (Å²) in [6.45, 7) is 11.2. The lowest BCUT2D eigenvalue weighted by molar-refractivity contribution is 0.348. The van der Waals surface area contributed by atoms with Gasteiger partial charge in [0.05, 0.1) is 0 Å². The third kappa shape index (κ3) is 5.99. The number of benzene rings is 1. The summed E-state index contributed by atoms with van der Waals surface area (Å²) in [5.74, 6) is -0.132. The van der Waals surface area contributed by atoms with E-state index in [-0.39, 0.29) is 5.82 Å². The maximum atomic E-state index is 13.8. The number of rotatable bonds is 8. The minimum Gasteiger partial charge on any atom is -0.313 e. The molecular weight excluding hydrogens is 239 g/mol. The van der Waals surface area contributed by atoms with E-state index in [2.05, 4.69) is 23.7 Å². The molecule has 0 saturated heterocycles. The molecule has 106 valence electrons. The van der Waals surface area contributed by atoms with Crippen LogP contribution in [0.4, 0.5) is 4.39 Å². The van der Waals surface area contributed by atoms with E-state index in [1.807, 2.05) is 26.1 Å². The smallest absolute Gasteiger partial charge is 0.127 e. The third-order valence-corrected chi connectivity index (χ3v) is 2.85. The topological polar surface area (TPSA) is 15.3 Å². The van der Waals surface area contributed by atoms with Gasteiger partial charge in [-0.25, -0.2) is 4.39 Å². The maximum Gasteiger partial charge on any atom is 0.127 e. The molecular formula is C16H25FN2. The highest BCUT2D eigenvalue weighted by atomic mass is 19.1. The Kier molecular flexibility index (Phi) is 6.74. The Hall–Kier alpha value is -1.19. The molecule has 0 radical (unpaired) electrons. The van der Waals surface area contributed by atoms with Crippen molar-refractivity contribution in [2.24, 2.45) is 0 Å². The molecule has 0 fully saturated rings. The van der Waals surface area contributed by atoms with Gasteiger partial charge in [0.25, 0.3) is 0 Å². The Balaban J connectivity index is 2.65. The van der Waals surface area contributed by atoms with E-state index >= 15 is 0 Å². The van der Waals surface area contributed by atoms with E-state index in [9.17, 15) is 4.39 Å². The van der Waals surface area contributed by atoms with Gasteiger partial charge in [0, 0.05) is 25.2 Å². The summed E-state index contributed by atoms with van der Waals surface area (Å²) in [6, 6.07) is 5.36. The Labute approximate surface area is 116 Å². The van der Waals surface area contributed by atoms with Crippen molar-refractivity contribution in [3.8, 4) is 0 Å². The predicted octanol–water partition coefficient (Wildman–Crippen LogP) is 3.33. The fraction of sp³-hybridized carbons (Fsp3) is 0.500. The molecule has 0 aromatic heterocycles. The summed E-state index contributed by atoms with van der Waals surface area (Å²) in [7, 11) is 1.98. The number of halogens is 1. The normalized spacial score (nSPS) is 11.0. The van der Waals surface area contributed by atoms with Crippen molar-refractivity contribution in [3.63, 3.8) is 0 Å². The molecule has 1 rings (SSSR count). The molecule has 0 aliphatic heterocycles. The zero-order valence-corrected chi connectivity index (χ0v) is 12.3. The molecule has 0 bridgehead atoms. The van der Waals surface area contributed by atoms with Gasteiger partial charge in [-0.05, 0) is 38.6 Å². The first-order valence-electron chi connectivity index (χ1n) is 6.84. The SMILES string of the molecule is C=C(C)CN(C)Cc1cc(CNCCC)ccc1F. The largest absolute Gasteiger partial charge is 0.313 e.